The van der Waals surface area contributed by atoms with Crippen molar-refractivity contribution in [3.8, 4) is 5.75 Å². The fourth-order valence-electron chi connectivity index (χ4n) is 3.62. The van der Waals surface area contributed by atoms with Gasteiger partial charge in [-0.15, -0.1) is 0 Å². The molecule has 1 fully saturated rings. The lowest BCUT2D eigenvalue weighted by Crippen LogP contribution is -2.48. The van der Waals surface area contributed by atoms with Gasteiger partial charge in [-0.25, -0.2) is 8.42 Å². The number of sulfonamides is 1. The molecule has 1 aliphatic rings. The molecule has 8 heteroatoms. The van der Waals surface area contributed by atoms with Crippen LogP contribution in [-0.4, -0.2) is 65.3 Å². The number of anilines is 2. The number of hydrogen-bond donors (Lipinski definition) is 0. The van der Waals surface area contributed by atoms with Crippen molar-refractivity contribution in [2.24, 2.45) is 0 Å². The number of para-hydroxylation sites is 1. The lowest BCUT2D eigenvalue weighted by molar-refractivity contribution is -0.131. The van der Waals surface area contributed by atoms with Crippen molar-refractivity contribution in [3.63, 3.8) is 0 Å². The number of hydrogen-bond acceptors (Lipinski definition) is 5. The van der Waals surface area contributed by atoms with Crippen molar-refractivity contribution >= 4 is 27.3 Å². The summed E-state index contributed by atoms with van der Waals surface area (Å²) < 4.78 is 30.9. The van der Waals surface area contributed by atoms with Gasteiger partial charge in [-0.05, 0) is 42.8 Å². The van der Waals surface area contributed by atoms with Crippen LogP contribution in [0.5, 0.6) is 5.75 Å². The molecular weight excluding hydrogens is 402 g/mol. The fourth-order valence-corrected chi connectivity index (χ4v) is 4.59. The van der Waals surface area contributed by atoms with E-state index in [4.69, 9.17) is 4.74 Å². The van der Waals surface area contributed by atoms with Crippen LogP contribution in [0.15, 0.2) is 54.6 Å². The number of carbonyl (C=O) groups is 1. The summed E-state index contributed by atoms with van der Waals surface area (Å²) in [7, 11) is -1.87. The molecule has 30 heavy (non-hydrogen) atoms. The molecule has 0 unspecified atom stereocenters. The number of rotatable bonds is 8. The second-order valence-corrected chi connectivity index (χ2v) is 9.25. The Morgan fingerprint density at radius 3 is 2.20 bits per heavy atom. The topological polar surface area (TPSA) is 70.2 Å². The molecule has 0 aromatic heterocycles. The minimum Gasteiger partial charge on any atom is -0.497 e. The zero-order valence-electron chi connectivity index (χ0n) is 17.5. The first-order chi connectivity index (χ1) is 14.4. The molecule has 0 aliphatic carbocycles. The Kier molecular flexibility index (Phi) is 7.20. The SMILES string of the molecule is COc1ccc(N(CCCC(=O)N2CCN(c3ccccc3)CC2)S(C)(=O)=O)cc1. The van der Waals surface area contributed by atoms with Crippen LogP contribution in [0.25, 0.3) is 0 Å². The third kappa shape index (κ3) is 5.66. The average molecular weight is 432 g/mol. The largest absolute Gasteiger partial charge is 0.497 e. The standard InChI is InChI=1S/C22H29N3O4S/c1-29-21-12-10-20(11-13-21)25(30(2,27)28)14-6-9-22(26)24-17-15-23(16-18-24)19-7-4-3-5-8-19/h3-5,7-8,10-13H,6,9,14-18H2,1-2H3. The van der Waals surface area contributed by atoms with E-state index in [-0.39, 0.29) is 12.5 Å². The van der Waals surface area contributed by atoms with Crippen LogP contribution in [0.1, 0.15) is 12.8 Å². The van der Waals surface area contributed by atoms with E-state index in [0.29, 0.717) is 37.4 Å². The summed E-state index contributed by atoms with van der Waals surface area (Å²) in [6.45, 7) is 3.24. The zero-order valence-corrected chi connectivity index (χ0v) is 18.3. The molecule has 2 aromatic rings. The molecule has 0 radical (unpaired) electrons. The van der Waals surface area contributed by atoms with E-state index < -0.39 is 10.0 Å². The second-order valence-electron chi connectivity index (χ2n) is 7.34. The van der Waals surface area contributed by atoms with Crippen LogP contribution in [0.4, 0.5) is 11.4 Å². The van der Waals surface area contributed by atoms with E-state index in [9.17, 15) is 13.2 Å². The highest BCUT2D eigenvalue weighted by Gasteiger charge is 2.22. The normalized spacial score (nSPS) is 14.5. The van der Waals surface area contributed by atoms with Crippen LogP contribution in [0.2, 0.25) is 0 Å². The lowest BCUT2D eigenvalue weighted by atomic mass is 10.2. The molecule has 0 saturated carbocycles. The van der Waals surface area contributed by atoms with E-state index in [1.807, 2.05) is 23.1 Å². The fraction of sp³-hybridized carbons (Fsp3) is 0.409. The van der Waals surface area contributed by atoms with Gasteiger partial charge in [-0.2, -0.15) is 0 Å². The molecule has 162 valence electrons. The van der Waals surface area contributed by atoms with Crippen molar-refractivity contribution in [3.05, 3.63) is 54.6 Å². The van der Waals surface area contributed by atoms with Crippen LogP contribution < -0.4 is 13.9 Å². The third-order valence-electron chi connectivity index (χ3n) is 5.27. The van der Waals surface area contributed by atoms with E-state index in [1.54, 1.807) is 31.4 Å². The molecule has 1 aliphatic heterocycles. The van der Waals surface area contributed by atoms with Gasteiger partial charge in [-0.1, -0.05) is 18.2 Å². The quantitative estimate of drug-likeness (QED) is 0.643. The van der Waals surface area contributed by atoms with Gasteiger partial charge in [0.2, 0.25) is 15.9 Å². The Balaban J connectivity index is 1.51. The maximum Gasteiger partial charge on any atom is 0.232 e. The Hall–Kier alpha value is -2.74. The summed E-state index contributed by atoms with van der Waals surface area (Å²) in [5.41, 5.74) is 1.75. The summed E-state index contributed by atoms with van der Waals surface area (Å²) >= 11 is 0. The Morgan fingerprint density at radius 2 is 1.63 bits per heavy atom. The number of piperazine rings is 1. The summed E-state index contributed by atoms with van der Waals surface area (Å²) in [4.78, 5) is 16.8. The molecule has 2 aromatic carbocycles. The summed E-state index contributed by atoms with van der Waals surface area (Å²) in [5, 5.41) is 0. The van der Waals surface area contributed by atoms with Gasteiger partial charge in [0.25, 0.3) is 0 Å². The summed E-state index contributed by atoms with van der Waals surface area (Å²) in [5.74, 6) is 0.739. The third-order valence-corrected chi connectivity index (χ3v) is 6.46. The van der Waals surface area contributed by atoms with E-state index in [0.717, 1.165) is 13.1 Å². The van der Waals surface area contributed by atoms with Crippen LogP contribution in [-0.2, 0) is 14.8 Å². The van der Waals surface area contributed by atoms with Gasteiger partial charge in [-0.3, -0.25) is 9.10 Å². The number of methoxy groups -OCH3 is 1. The minimum absolute atomic E-state index is 0.0749. The maximum absolute atomic E-state index is 12.6. The van der Waals surface area contributed by atoms with Crippen LogP contribution in [0.3, 0.4) is 0 Å². The van der Waals surface area contributed by atoms with Crippen molar-refractivity contribution < 1.29 is 17.9 Å². The van der Waals surface area contributed by atoms with Gasteiger partial charge < -0.3 is 14.5 Å². The average Bonchev–Trinajstić information content (AvgIpc) is 2.76. The van der Waals surface area contributed by atoms with Gasteiger partial charge in [0.15, 0.2) is 0 Å². The highest BCUT2D eigenvalue weighted by atomic mass is 32.2. The van der Waals surface area contributed by atoms with E-state index in [1.165, 1.54) is 16.2 Å². The molecule has 3 rings (SSSR count). The lowest BCUT2D eigenvalue weighted by Gasteiger charge is -2.36. The second kappa shape index (κ2) is 9.84. The van der Waals surface area contributed by atoms with Crippen molar-refractivity contribution in [1.82, 2.24) is 4.90 Å². The Labute approximate surface area is 178 Å². The van der Waals surface area contributed by atoms with E-state index in [2.05, 4.69) is 17.0 Å². The first kappa shape index (κ1) is 22.0. The maximum atomic E-state index is 12.6. The van der Waals surface area contributed by atoms with Crippen LogP contribution in [0, 0.1) is 0 Å². The van der Waals surface area contributed by atoms with Gasteiger partial charge in [0.1, 0.15) is 5.75 Å². The molecule has 1 heterocycles. The Bertz CT molecular complexity index is 925. The number of nitrogens with zero attached hydrogens (tertiary/aromatic N) is 3. The minimum atomic E-state index is -3.44. The monoisotopic (exact) mass is 431 g/mol. The van der Waals surface area contributed by atoms with Crippen LogP contribution >= 0.6 is 0 Å². The number of ether oxygens (including phenoxy) is 1. The number of carbonyl (C=O) groups excluding carboxylic acids is 1. The molecule has 0 bridgehead atoms. The smallest absolute Gasteiger partial charge is 0.232 e. The van der Waals surface area contributed by atoms with Gasteiger partial charge in [0.05, 0.1) is 19.1 Å². The molecular formula is C22H29N3O4S. The molecule has 0 atom stereocenters. The molecule has 0 spiro atoms. The number of amides is 1. The highest BCUT2D eigenvalue weighted by Crippen LogP contribution is 2.22. The van der Waals surface area contributed by atoms with Crippen molar-refractivity contribution in [2.75, 3.05) is 55.3 Å². The first-order valence-corrected chi connectivity index (χ1v) is 11.9. The Morgan fingerprint density at radius 1 is 1.00 bits per heavy atom. The van der Waals surface area contributed by atoms with Gasteiger partial charge >= 0.3 is 0 Å². The summed E-state index contributed by atoms with van der Waals surface area (Å²) in [6, 6.07) is 17.1. The molecule has 1 saturated heterocycles. The molecule has 1 amide bonds. The highest BCUT2D eigenvalue weighted by molar-refractivity contribution is 7.92. The van der Waals surface area contributed by atoms with Gasteiger partial charge in [0, 0.05) is 44.8 Å². The van der Waals surface area contributed by atoms with Crippen molar-refractivity contribution in [2.45, 2.75) is 12.8 Å². The zero-order chi connectivity index (χ0) is 21.6. The van der Waals surface area contributed by atoms with E-state index >= 15 is 0 Å². The predicted octanol–water partition coefficient (Wildman–Crippen LogP) is 2.59. The molecule has 7 nitrogen and oxygen atoms in total. The predicted molar refractivity (Wildman–Crippen MR) is 120 cm³/mol. The first-order valence-electron chi connectivity index (χ1n) is 10.1. The number of benzene rings is 2. The molecule has 0 N–H and O–H groups in total. The summed E-state index contributed by atoms with van der Waals surface area (Å²) in [6.07, 6.45) is 1.98. The van der Waals surface area contributed by atoms with Crippen molar-refractivity contribution in [1.29, 1.82) is 0 Å².